The smallest absolute Gasteiger partial charge is 0.334 e. The number of halogens is 4. The van der Waals surface area contributed by atoms with Crippen LogP contribution >= 0.6 is 0 Å². The molecule has 1 unspecified atom stereocenters. The van der Waals surface area contributed by atoms with E-state index in [0.29, 0.717) is 12.0 Å². The Labute approximate surface area is 211 Å². The molecule has 1 aliphatic rings. The number of hydrogen-bond donors (Lipinski definition) is 3. The monoisotopic (exact) mass is 545 g/mol. The van der Waals surface area contributed by atoms with E-state index >= 15 is 4.39 Å². The molecule has 0 aromatic heterocycles. The summed E-state index contributed by atoms with van der Waals surface area (Å²) in [6, 6.07) is 9.59. The minimum absolute atomic E-state index is 0.126. The van der Waals surface area contributed by atoms with Crippen molar-refractivity contribution in [2.45, 2.75) is 37.2 Å². The third-order valence-electron chi connectivity index (χ3n) is 6.55. The fraction of sp³-hybridized carbons (Fsp3) is 0.417. The zero-order valence-electron chi connectivity index (χ0n) is 20.2. The average Bonchev–Trinajstić information content (AvgIpc) is 3.15. The molecule has 0 radical (unpaired) electrons. The van der Waals surface area contributed by atoms with Crippen LogP contribution < -0.4 is 10.8 Å². The van der Waals surface area contributed by atoms with Gasteiger partial charge in [0.1, 0.15) is 5.82 Å². The van der Waals surface area contributed by atoms with Crippen molar-refractivity contribution in [1.82, 2.24) is 15.7 Å². The Balaban J connectivity index is 1.72. The van der Waals surface area contributed by atoms with Gasteiger partial charge in [-0.1, -0.05) is 30.3 Å². The molecule has 1 aliphatic heterocycles. The van der Waals surface area contributed by atoms with Crippen LogP contribution in [0.5, 0.6) is 0 Å². The summed E-state index contributed by atoms with van der Waals surface area (Å²) in [5.74, 6) is -2.26. The van der Waals surface area contributed by atoms with Gasteiger partial charge in [-0.2, -0.15) is 13.2 Å². The van der Waals surface area contributed by atoms with Gasteiger partial charge in [0.2, 0.25) is 0 Å². The maximum Gasteiger partial charge on any atom is 0.401 e. The molecule has 2 aromatic rings. The van der Waals surface area contributed by atoms with Gasteiger partial charge in [-0.05, 0) is 43.5 Å². The third kappa shape index (κ3) is 6.28. The Morgan fingerprint density at radius 3 is 2.30 bits per heavy atom. The molecule has 3 rings (SSSR count). The first-order chi connectivity index (χ1) is 17.2. The van der Waals surface area contributed by atoms with Crippen LogP contribution in [-0.2, 0) is 27.6 Å². The Morgan fingerprint density at radius 1 is 1.11 bits per heavy atom. The highest BCUT2D eigenvalue weighted by molar-refractivity contribution is 7.92. The van der Waals surface area contributed by atoms with E-state index in [2.05, 4.69) is 5.32 Å². The van der Waals surface area contributed by atoms with Crippen LogP contribution in [0.25, 0.3) is 11.1 Å². The molecule has 2 amide bonds. The second-order valence-electron chi connectivity index (χ2n) is 9.11. The lowest BCUT2D eigenvalue weighted by molar-refractivity contribution is -0.131. The molecule has 0 bridgehead atoms. The molecule has 0 spiro atoms. The number of alkyl halides is 3. The normalized spacial score (nSPS) is 15.4. The van der Waals surface area contributed by atoms with Crippen molar-refractivity contribution in [2.75, 3.05) is 25.9 Å². The van der Waals surface area contributed by atoms with Crippen molar-refractivity contribution in [3.63, 3.8) is 0 Å². The molecule has 13 heteroatoms. The SMILES string of the molecule is CC(CCN1Cc2c(ccc(-c3ccc(CCNCC(F)(F)F)cc3)c2F)C1=O)(C(=O)NO)S(C)(=O)=O. The predicted molar refractivity (Wildman–Crippen MR) is 127 cm³/mol. The molecule has 0 saturated heterocycles. The van der Waals surface area contributed by atoms with Crippen LogP contribution in [-0.4, -0.2) is 67.2 Å². The van der Waals surface area contributed by atoms with Gasteiger partial charge in [0, 0.05) is 36.0 Å². The molecule has 37 heavy (non-hydrogen) atoms. The number of nitrogens with one attached hydrogen (secondary N) is 2. The number of nitrogens with zero attached hydrogens (tertiary/aromatic N) is 1. The Bertz CT molecular complexity index is 1280. The van der Waals surface area contributed by atoms with E-state index < -0.39 is 44.9 Å². The number of rotatable bonds is 10. The molecular formula is C24H27F4N3O5S. The largest absolute Gasteiger partial charge is 0.401 e. The molecule has 0 saturated carbocycles. The number of sulfone groups is 1. The zero-order chi connectivity index (χ0) is 27.6. The Kier molecular flexibility index (Phi) is 8.30. The number of carbonyl (C=O) groups is 2. The summed E-state index contributed by atoms with van der Waals surface area (Å²) in [4.78, 5) is 26.1. The van der Waals surface area contributed by atoms with Gasteiger partial charge in [-0.25, -0.2) is 18.3 Å². The van der Waals surface area contributed by atoms with Gasteiger partial charge in [0.25, 0.3) is 11.8 Å². The lowest BCUT2D eigenvalue weighted by Gasteiger charge is -2.27. The zero-order valence-corrected chi connectivity index (χ0v) is 21.0. The average molecular weight is 546 g/mol. The quantitative estimate of drug-likeness (QED) is 0.183. The third-order valence-corrected chi connectivity index (χ3v) is 8.58. The van der Waals surface area contributed by atoms with Gasteiger partial charge < -0.3 is 10.2 Å². The van der Waals surface area contributed by atoms with Crippen LogP contribution in [0.4, 0.5) is 17.6 Å². The summed E-state index contributed by atoms with van der Waals surface area (Å²) in [5.41, 5.74) is 3.12. The van der Waals surface area contributed by atoms with Gasteiger partial charge >= 0.3 is 6.18 Å². The number of carbonyl (C=O) groups excluding carboxylic acids is 2. The topological polar surface area (TPSA) is 116 Å². The summed E-state index contributed by atoms with van der Waals surface area (Å²) < 4.78 is 74.4. The predicted octanol–water partition coefficient (Wildman–Crippen LogP) is 2.84. The number of hydroxylamine groups is 1. The highest BCUT2D eigenvalue weighted by Gasteiger charge is 2.44. The fourth-order valence-electron chi connectivity index (χ4n) is 4.06. The summed E-state index contributed by atoms with van der Waals surface area (Å²) in [6.07, 6.45) is -3.40. The Morgan fingerprint density at radius 2 is 1.73 bits per heavy atom. The van der Waals surface area contributed by atoms with Crippen molar-refractivity contribution in [1.29, 1.82) is 0 Å². The van der Waals surface area contributed by atoms with Crippen molar-refractivity contribution in [2.24, 2.45) is 0 Å². The first-order valence-electron chi connectivity index (χ1n) is 11.3. The second-order valence-corrected chi connectivity index (χ2v) is 11.6. The molecule has 3 N–H and O–H groups in total. The molecular weight excluding hydrogens is 518 g/mol. The molecule has 0 fully saturated rings. The van der Waals surface area contributed by atoms with Crippen molar-refractivity contribution < 1.29 is 40.8 Å². The standard InChI is InChI=1S/C24H27F4N3O5S/c1-23(22(33)30-34,37(2,35)36)10-12-31-13-19-18(21(31)32)8-7-17(20(19)25)16-5-3-15(4-6-16)9-11-29-14-24(26,27)28/h3-8,29,34H,9-14H2,1-2H3,(H,30,33). The van der Waals surface area contributed by atoms with Gasteiger partial charge in [0.15, 0.2) is 14.6 Å². The van der Waals surface area contributed by atoms with Crippen LogP contribution in [0.3, 0.4) is 0 Å². The minimum Gasteiger partial charge on any atom is -0.334 e. The van der Waals surface area contributed by atoms with E-state index in [1.807, 2.05) is 0 Å². The molecule has 1 atom stereocenters. The van der Waals surface area contributed by atoms with Crippen LogP contribution in [0, 0.1) is 5.82 Å². The summed E-state index contributed by atoms with van der Waals surface area (Å²) in [5, 5.41) is 11.3. The number of amides is 2. The minimum atomic E-state index is -4.28. The number of benzene rings is 2. The van der Waals surface area contributed by atoms with Crippen molar-refractivity contribution in [3.8, 4) is 11.1 Å². The van der Waals surface area contributed by atoms with E-state index in [4.69, 9.17) is 5.21 Å². The second kappa shape index (κ2) is 10.8. The highest BCUT2D eigenvalue weighted by atomic mass is 32.2. The van der Waals surface area contributed by atoms with E-state index in [9.17, 15) is 31.2 Å². The van der Waals surface area contributed by atoms with E-state index in [-0.39, 0.29) is 42.7 Å². The molecule has 8 nitrogen and oxygen atoms in total. The first kappa shape index (κ1) is 28.5. The maximum absolute atomic E-state index is 15.4. The lowest BCUT2D eigenvalue weighted by Crippen LogP contribution is -2.50. The molecule has 2 aromatic carbocycles. The summed E-state index contributed by atoms with van der Waals surface area (Å²) >= 11 is 0. The van der Waals surface area contributed by atoms with Crippen molar-refractivity contribution in [3.05, 3.63) is 58.9 Å². The van der Waals surface area contributed by atoms with Crippen LogP contribution in [0.15, 0.2) is 36.4 Å². The van der Waals surface area contributed by atoms with Gasteiger partial charge in [0.05, 0.1) is 6.54 Å². The van der Waals surface area contributed by atoms with Gasteiger partial charge in [-0.3, -0.25) is 14.8 Å². The molecule has 202 valence electrons. The summed E-state index contributed by atoms with van der Waals surface area (Å²) in [7, 11) is -3.96. The maximum atomic E-state index is 15.4. The van der Waals surface area contributed by atoms with E-state index in [0.717, 1.165) is 18.7 Å². The number of hydrogen-bond acceptors (Lipinski definition) is 6. The van der Waals surface area contributed by atoms with Crippen LogP contribution in [0.2, 0.25) is 0 Å². The molecule has 0 aliphatic carbocycles. The highest BCUT2D eigenvalue weighted by Crippen LogP contribution is 2.33. The van der Waals surface area contributed by atoms with Crippen molar-refractivity contribution >= 4 is 21.7 Å². The van der Waals surface area contributed by atoms with Crippen LogP contribution in [0.1, 0.15) is 34.8 Å². The Hall–Kier alpha value is -3.03. The summed E-state index contributed by atoms with van der Waals surface area (Å²) in [6.45, 7) is -0.115. The van der Waals surface area contributed by atoms with Gasteiger partial charge in [-0.15, -0.1) is 0 Å². The molecule has 1 heterocycles. The lowest BCUT2D eigenvalue weighted by atomic mass is 9.98. The van der Waals surface area contributed by atoms with E-state index in [1.54, 1.807) is 24.3 Å². The first-order valence-corrected chi connectivity index (χ1v) is 13.2. The fourth-order valence-corrected chi connectivity index (χ4v) is 4.90. The van der Waals surface area contributed by atoms with E-state index in [1.165, 1.54) is 22.5 Å². The number of fused-ring (bicyclic) bond motifs is 1.